The Labute approximate surface area is 122 Å². The minimum atomic E-state index is -0.329. The van der Waals surface area contributed by atoms with Crippen LogP contribution in [0.5, 0.6) is 0 Å². The van der Waals surface area contributed by atoms with Gasteiger partial charge >= 0.3 is 6.03 Å². The second kappa shape index (κ2) is 6.83. The van der Waals surface area contributed by atoms with Gasteiger partial charge in [0.1, 0.15) is 5.82 Å². The molecule has 2 aromatic rings. The van der Waals surface area contributed by atoms with Gasteiger partial charge in [-0.2, -0.15) is 0 Å². The zero-order valence-corrected chi connectivity index (χ0v) is 12.0. The molecule has 0 spiro atoms. The highest BCUT2D eigenvalue weighted by molar-refractivity contribution is 5.73. The third-order valence-corrected chi connectivity index (χ3v) is 3.00. The number of nitrogens with zero attached hydrogens (tertiary/aromatic N) is 3. The molecule has 0 aliphatic carbocycles. The average molecular weight is 292 g/mol. The van der Waals surface area contributed by atoms with Crippen LogP contribution in [0.25, 0.3) is 11.5 Å². The summed E-state index contributed by atoms with van der Waals surface area (Å²) < 4.78 is 18.3. The molecule has 0 unspecified atom stereocenters. The molecule has 2 amide bonds. The second-order valence-electron chi connectivity index (χ2n) is 4.34. The molecule has 1 aromatic heterocycles. The van der Waals surface area contributed by atoms with Gasteiger partial charge in [0.15, 0.2) is 0 Å². The molecule has 0 radical (unpaired) electrons. The molecule has 0 atom stereocenters. The molecule has 1 aromatic carbocycles. The quantitative estimate of drug-likeness (QED) is 0.918. The van der Waals surface area contributed by atoms with Crippen molar-refractivity contribution >= 4 is 6.03 Å². The number of carbonyl (C=O) groups is 1. The molecular formula is C14H17FN4O2. The molecule has 0 saturated carbocycles. The summed E-state index contributed by atoms with van der Waals surface area (Å²) in [5.74, 6) is 0.266. The molecule has 0 aliphatic rings. The van der Waals surface area contributed by atoms with E-state index in [1.807, 2.05) is 13.8 Å². The van der Waals surface area contributed by atoms with Crippen molar-refractivity contribution in [2.24, 2.45) is 0 Å². The highest BCUT2D eigenvalue weighted by Crippen LogP contribution is 2.17. The maximum Gasteiger partial charge on any atom is 0.317 e. The highest BCUT2D eigenvalue weighted by atomic mass is 19.1. The lowest BCUT2D eigenvalue weighted by molar-refractivity contribution is 0.201. The Morgan fingerprint density at radius 1 is 1.24 bits per heavy atom. The van der Waals surface area contributed by atoms with Crippen LogP contribution in [0.4, 0.5) is 9.18 Å². The van der Waals surface area contributed by atoms with Gasteiger partial charge in [-0.15, -0.1) is 10.2 Å². The van der Waals surface area contributed by atoms with Crippen molar-refractivity contribution in [1.82, 2.24) is 20.4 Å². The van der Waals surface area contributed by atoms with Crippen molar-refractivity contribution < 1.29 is 13.6 Å². The van der Waals surface area contributed by atoms with E-state index in [4.69, 9.17) is 4.42 Å². The Balaban J connectivity index is 1.97. The Bertz CT molecular complexity index is 593. The number of carbonyl (C=O) groups excluding carboxylic acids is 1. The number of rotatable bonds is 5. The van der Waals surface area contributed by atoms with E-state index in [1.165, 1.54) is 12.1 Å². The van der Waals surface area contributed by atoms with Crippen molar-refractivity contribution in [2.75, 3.05) is 13.1 Å². The van der Waals surface area contributed by atoms with E-state index >= 15 is 0 Å². The predicted octanol–water partition coefficient (Wildman–Crippen LogP) is 2.43. The number of hydrogen-bond donors (Lipinski definition) is 1. The highest BCUT2D eigenvalue weighted by Gasteiger charge is 2.12. The van der Waals surface area contributed by atoms with E-state index in [-0.39, 0.29) is 18.4 Å². The Morgan fingerprint density at radius 3 is 2.52 bits per heavy atom. The molecule has 0 bridgehead atoms. The Kier molecular flexibility index (Phi) is 4.86. The SMILES string of the molecule is CCN(CC)C(=O)NCc1nnc(-c2ccc(F)cc2)o1. The van der Waals surface area contributed by atoms with Crippen molar-refractivity contribution in [1.29, 1.82) is 0 Å². The van der Waals surface area contributed by atoms with Crippen LogP contribution >= 0.6 is 0 Å². The summed E-state index contributed by atoms with van der Waals surface area (Å²) in [6, 6.07) is 5.58. The van der Waals surface area contributed by atoms with Crippen LogP contribution < -0.4 is 5.32 Å². The topological polar surface area (TPSA) is 71.3 Å². The average Bonchev–Trinajstić information content (AvgIpc) is 2.96. The number of benzene rings is 1. The summed E-state index contributed by atoms with van der Waals surface area (Å²) in [4.78, 5) is 13.4. The Morgan fingerprint density at radius 2 is 1.90 bits per heavy atom. The van der Waals surface area contributed by atoms with Crippen LogP contribution in [-0.4, -0.2) is 34.2 Å². The number of hydrogen-bond acceptors (Lipinski definition) is 4. The van der Waals surface area contributed by atoms with Crippen LogP contribution in [0.3, 0.4) is 0 Å². The summed E-state index contributed by atoms with van der Waals surface area (Å²) in [7, 11) is 0. The molecule has 1 N–H and O–H groups in total. The number of urea groups is 1. The van der Waals surface area contributed by atoms with E-state index < -0.39 is 0 Å². The van der Waals surface area contributed by atoms with E-state index in [9.17, 15) is 9.18 Å². The van der Waals surface area contributed by atoms with Crippen molar-refractivity contribution in [3.05, 3.63) is 36.0 Å². The maximum absolute atomic E-state index is 12.8. The van der Waals surface area contributed by atoms with E-state index in [2.05, 4.69) is 15.5 Å². The maximum atomic E-state index is 12.8. The third kappa shape index (κ3) is 3.77. The summed E-state index contributed by atoms with van der Waals surface area (Å²) in [5, 5.41) is 10.4. The van der Waals surface area contributed by atoms with E-state index in [0.717, 1.165) is 0 Å². The van der Waals surface area contributed by atoms with Gasteiger partial charge in [-0.3, -0.25) is 0 Å². The molecule has 7 heteroatoms. The number of halogens is 1. The smallest absolute Gasteiger partial charge is 0.317 e. The molecular weight excluding hydrogens is 275 g/mol. The van der Waals surface area contributed by atoms with Crippen LogP contribution in [0.15, 0.2) is 28.7 Å². The van der Waals surface area contributed by atoms with Gasteiger partial charge in [-0.05, 0) is 38.1 Å². The summed E-state index contributed by atoms with van der Waals surface area (Å²) in [6.45, 7) is 5.23. The summed E-state index contributed by atoms with van der Waals surface area (Å²) >= 11 is 0. The number of amides is 2. The van der Waals surface area contributed by atoms with Crippen LogP contribution in [-0.2, 0) is 6.54 Å². The fraction of sp³-hybridized carbons (Fsp3) is 0.357. The molecule has 0 fully saturated rings. The first-order valence-electron chi connectivity index (χ1n) is 6.75. The first-order chi connectivity index (χ1) is 10.1. The largest absolute Gasteiger partial charge is 0.419 e. The molecule has 1 heterocycles. The Hall–Kier alpha value is -2.44. The summed E-state index contributed by atoms with van der Waals surface area (Å²) in [5.41, 5.74) is 0.630. The monoisotopic (exact) mass is 292 g/mol. The van der Waals surface area contributed by atoms with Gasteiger partial charge in [0, 0.05) is 18.7 Å². The van der Waals surface area contributed by atoms with Crippen LogP contribution in [0.2, 0.25) is 0 Å². The van der Waals surface area contributed by atoms with Crippen LogP contribution in [0.1, 0.15) is 19.7 Å². The van der Waals surface area contributed by atoms with Gasteiger partial charge < -0.3 is 14.6 Å². The number of aromatic nitrogens is 2. The fourth-order valence-corrected chi connectivity index (χ4v) is 1.81. The standard InChI is InChI=1S/C14H17FN4O2/c1-3-19(4-2)14(20)16-9-12-17-18-13(21-12)10-5-7-11(15)8-6-10/h5-8H,3-4,9H2,1-2H3,(H,16,20). The van der Waals surface area contributed by atoms with Gasteiger partial charge in [0.25, 0.3) is 0 Å². The van der Waals surface area contributed by atoms with E-state index in [1.54, 1.807) is 17.0 Å². The van der Waals surface area contributed by atoms with E-state index in [0.29, 0.717) is 30.4 Å². The zero-order valence-electron chi connectivity index (χ0n) is 12.0. The fourth-order valence-electron chi connectivity index (χ4n) is 1.81. The van der Waals surface area contributed by atoms with Gasteiger partial charge in [-0.1, -0.05) is 0 Å². The molecule has 0 saturated heterocycles. The van der Waals surface area contributed by atoms with Crippen molar-refractivity contribution in [3.63, 3.8) is 0 Å². The summed E-state index contributed by atoms with van der Waals surface area (Å²) in [6.07, 6.45) is 0. The van der Waals surface area contributed by atoms with Gasteiger partial charge in [0.2, 0.25) is 11.8 Å². The normalized spacial score (nSPS) is 10.4. The molecule has 2 rings (SSSR count). The lowest BCUT2D eigenvalue weighted by Crippen LogP contribution is -2.39. The lowest BCUT2D eigenvalue weighted by Gasteiger charge is -2.18. The minimum Gasteiger partial charge on any atom is -0.419 e. The first kappa shape index (κ1) is 15.0. The number of nitrogens with one attached hydrogen (secondary N) is 1. The first-order valence-corrected chi connectivity index (χ1v) is 6.75. The molecule has 21 heavy (non-hydrogen) atoms. The molecule has 0 aliphatic heterocycles. The lowest BCUT2D eigenvalue weighted by atomic mass is 10.2. The van der Waals surface area contributed by atoms with Crippen LogP contribution in [0, 0.1) is 5.82 Å². The third-order valence-electron chi connectivity index (χ3n) is 3.00. The van der Waals surface area contributed by atoms with Crippen molar-refractivity contribution in [3.8, 4) is 11.5 Å². The minimum absolute atomic E-state index is 0.156. The second-order valence-corrected chi connectivity index (χ2v) is 4.34. The molecule has 6 nitrogen and oxygen atoms in total. The zero-order chi connectivity index (χ0) is 15.2. The predicted molar refractivity (Wildman–Crippen MR) is 74.8 cm³/mol. The van der Waals surface area contributed by atoms with Gasteiger partial charge in [-0.25, -0.2) is 9.18 Å². The van der Waals surface area contributed by atoms with Crippen molar-refractivity contribution in [2.45, 2.75) is 20.4 Å². The molecule has 112 valence electrons. The van der Waals surface area contributed by atoms with Gasteiger partial charge in [0.05, 0.1) is 6.54 Å².